The maximum atomic E-state index is 4.32. The zero-order valence-corrected chi connectivity index (χ0v) is 15.8. The van der Waals surface area contributed by atoms with Gasteiger partial charge in [0, 0.05) is 44.0 Å². The number of hydrogen-bond donors (Lipinski definition) is 1. The number of fused-ring (bicyclic) bond motifs is 5. The van der Waals surface area contributed by atoms with Crippen LogP contribution < -0.4 is 4.90 Å². The van der Waals surface area contributed by atoms with E-state index in [1.54, 1.807) is 22.1 Å². The van der Waals surface area contributed by atoms with E-state index in [1.807, 2.05) is 0 Å². The highest BCUT2D eigenvalue weighted by atomic mass is 33.1. The molecule has 2 unspecified atom stereocenters. The zero-order chi connectivity index (χ0) is 16.0. The Balaban J connectivity index is 1.58. The van der Waals surface area contributed by atoms with Gasteiger partial charge in [-0.1, -0.05) is 17.7 Å². The average Bonchev–Trinajstić information content (AvgIpc) is 2.87. The molecule has 2 heterocycles. The van der Waals surface area contributed by atoms with Crippen LogP contribution >= 0.6 is 22.6 Å². The molecular weight excluding hydrogens is 322 g/mol. The lowest BCUT2D eigenvalue weighted by Crippen LogP contribution is -2.43. The van der Waals surface area contributed by atoms with E-state index in [2.05, 4.69) is 57.8 Å². The van der Waals surface area contributed by atoms with Crippen LogP contribution in [0.4, 0.5) is 5.69 Å². The molecule has 4 rings (SSSR count). The molecule has 23 heavy (non-hydrogen) atoms. The molecule has 2 bridgehead atoms. The summed E-state index contributed by atoms with van der Waals surface area (Å²) < 4.78 is 2.33. The van der Waals surface area contributed by atoms with E-state index in [-0.39, 0.29) is 0 Å². The molecule has 0 amide bonds. The molecule has 0 aromatic heterocycles. The summed E-state index contributed by atoms with van der Waals surface area (Å²) in [7, 11) is 1.57. The van der Waals surface area contributed by atoms with E-state index >= 15 is 0 Å². The van der Waals surface area contributed by atoms with Gasteiger partial charge in [-0.05, 0) is 73.4 Å². The van der Waals surface area contributed by atoms with Crippen LogP contribution in [0, 0.1) is 0 Å². The van der Waals surface area contributed by atoms with Gasteiger partial charge in [-0.15, -0.1) is 0 Å². The van der Waals surface area contributed by atoms with Crippen LogP contribution in [0.2, 0.25) is 0 Å². The van der Waals surface area contributed by atoms with Gasteiger partial charge in [0.15, 0.2) is 0 Å². The van der Waals surface area contributed by atoms with Gasteiger partial charge in [0.05, 0.1) is 0 Å². The van der Waals surface area contributed by atoms with Crippen LogP contribution in [0.5, 0.6) is 0 Å². The van der Waals surface area contributed by atoms with Crippen LogP contribution in [-0.2, 0) is 0 Å². The normalized spacial score (nSPS) is 28.4. The minimum absolute atomic E-state index is 0.645. The molecule has 2 atom stereocenters. The van der Waals surface area contributed by atoms with Crippen LogP contribution in [0.25, 0.3) is 0 Å². The number of nitrogens with zero attached hydrogens (tertiary/aromatic N) is 3. The van der Waals surface area contributed by atoms with Gasteiger partial charge in [0.1, 0.15) is 0 Å². The highest BCUT2D eigenvalue weighted by Gasteiger charge is 2.39. The number of rotatable bonds is 3. The molecule has 3 aliphatic rings. The summed E-state index contributed by atoms with van der Waals surface area (Å²) in [5, 5.41) is 0. The highest BCUT2D eigenvalue weighted by molar-refractivity contribution is 8.67. The first-order valence-electron chi connectivity index (χ1n) is 8.88. The molecule has 0 spiro atoms. The van der Waals surface area contributed by atoms with E-state index in [9.17, 15) is 0 Å². The van der Waals surface area contributed by atoms with Crippen molar-refractivity contribution < 1.29 is 0 Å². The van der Waals surface area contributed by atoms with Crippen molar-refractivity contribution in [2.45, 2.75) is 44.7 Å². The first kappa shape index (κ1) is 16.1. The van der Waals surface area contributed by atoms with Crippen LogP contribution in [0.3, 0.4) is 0 Å². The van der Waals surface area contributed by atoms with Crippen LogP contribution in [-0.4, -0.2) is 48.0 Å². The Morgan fingerprint density at radius 2 is 1.87 bits per heavy atom. The summed E-state index contributed by atoms with van der Waals surface area (Å²) in [6.45, 7) is 10.3. The molecule has 126 valence electrons. The van der Waals surface area contributed by atoms with Gasteiger partial charge in [-0.25, -0.2) is 4.31 Å². The summed E-state index contributed by atoms with van der Waals surface area (Å²) >= 11 is 4.32. The fourth-order valence-electron chi connectivity index (χ4n) is 4.64. The molecule has 1 aromatic rings. The third kappa shape index (κ3) is 2.90. The maximum absolute atomic E-state index is 4.32. The lowest BCUT2D eigenvalue weighted by molar-refractivity contribution is 0.116. The van der Waals surface area contributed by atoms with Crippen molar-refractivity contribution >= 4 is 28.3 Å². The average molecular weight is 350 g/mol. The van der Waals surface area contributed by atoms with Crippen molar-refractivity contribution in [1.29, 1.82) is 0 Å². The smallest absolute Gasteiger partial charge is 0.0370 e. The van der Waals surface area contributed by atoms with Crippen LogP contribution in [0.15, 0.2) is 18.2 Å². The van der Waals surface area contributed by atoms with Crippen molar-refractivity contribution in [3.05, 3.63) is 29.3 Å². The number of benzene rings is 1. The second-order valence-electron chi connectivity index (χ2n) is 7.38. The summed E-state index contributed by atoms with van der Waals surface area (Å²) in [5.74, 6) is 0.802. The van der Waals surface area contributed by atoms with Gasteiger partial charge in [0.25, 0.3) is 0 Å². The molecule has 2 saturated heterocycles. The van der Waals surface area contributed by atoms with Gasteiger partial charge in [-0.3, -0.25) is 4.90 Å². The second kappa shape index (κ2) is 6.51. The number of likely N-dealkylation sites (tertiary alicyclic amines) is 1. The Morgan fingerprint density at radius 3 is 2.57 bits per heavy atom. The molecule has 2 fully saturated rings. The Bertz CT molecular complexity index is 569. The number of anilines is 1. The van der Waals surface area contributed by atoms with Crippen molar-refractivity contribution in [3.63, 3.8) is 0 Å². The van der Waals surface area contributed by atoms with E-state index < -0.39 is 0 Å². The fraction of sp³-hybridized carbons (Fsp3) is 0.667. The zero-order valence-electron chi connectivity index (χ0n) is 14.1. The molecular formula is C18H27N3S2. The monoisotopic (exact) mass is 349 g/mol. The van der Waals surface area contributed by atoms with Gasteiger partial charge in [-0.2, -0.15) is 0 Å². The van der Waals surface area contributed by atoms with E-state index in [1.165, 1.54) is 25.1 Å². The SMILES string of the molecule is CC(C)N1CCC2CC1c1cc(N3CCN(SS)CC3)ccc12. The topological polar surface area (TPSA) is 9.72 Å². The quantitative estimate of drug-likeness (QED) is 0.503. The Morgan fingerprint density at radius 1 is 1.09 bits per heavy atom. The highest BCUT2D eigenvalue weighted by Crippen LogP contribution is 2.50. The number of hydrogen-bond acceptors (Lipinski definition) is 5. The van der Waals surface area contributed by atoms with E-state index in [0.717, 1.165) is 32.1 Å². The predicted molar refractivity (Wildman–Crippen MR) is 103 cm³/mol. The number of thiol groups is 1. The third-order valence-corrected chi connectivity index (χ3v) is 7.18. The standard InChI is InChI=1S/C18H27N3S2/c1-13(2)21-6-5-14-11-18(21)17-12-15(3-4-16(14)17)19-7-9-20(23-22)10-8-19/h3-4,12-14,18,22H,5-11H2,1-2H3. The van der Waals surface area contributed by atoms with E-state index in [0.29, 0.717) is 12.1 Å². The lowest BCUT2D eigenvalue weighted by atomic mass is 9.95. The first-order chi connectivity index (χ1) is 11.2. The molecule has 0 N–H and O–H groups in total. The summed E-state index contributed by atoms with van der Waals surface area (Å²) in [5.41, 5.74) is 4.67. The summed E-state index contributed by atoms with van der Waals surface area (Å²) in [6.07, 6.45) is 2.67. The predicted octanol–water partition coefficient (Wildman–Crippen LogP) is 3.94. The third-order valence-electron chi connectivity index (χ3n) is 5.90. The molecule has 0 saturated carbocycles. The Labute approximate surface area is 149 Å². The summed E-state index contributed by atoms with van der Waals surface area (Å²) in [6, 6.07) is 8.59. The second-order valence-corrected chi connectivity index (χ2v) is 8.55. The molecule has 2 aliphatic heterocycles. The van der Waals surface area contributed by atoms with Crippen LogP contribution in [0.1, 0.15) is 49.8 Å². The number of piperidine rings is 1. The number of piperazine rings is 1. The van der Waals surface area contributed by atoms with Crippen molar-refractivity contribution in [2.24, 2.45) is 0 Å². The molecule has 3 nitrogen and oxygen atoms in total. The van der Waals surface area contributed by atoms with Gasteiger partial charge >= 0.3 is 0 Å². The Hall–Kier alpha value is -0.360. The van der Waals surface area contributed by atoms with Crippen molar-refractivity contribution in [3.8, 4) is 0 Å². The van der Waals surface area contributed by atoms with E-state index in [4.69, 9.17) is 0 Å². The minimum atomic E-state index is 0.645. The maximum Gasteiger partial charge on any atom is 0.0370 e. The van der Waals surface area contributed by atoms with Crippen molar-refractivity contribution in [2.75, 3.05) is 37.6 Å². The van der Waals surface area contributed by atoms with Gasteiger partial charge in [0.2, 0.25) is 0 Å². The molecule has 1 aliphatic carbocycles. The Kier molecular flexibility index (Phi) is 4.56. The molecule has 5 heteroatoms. The summed E-state index contributed by atoms with van der Waals surface area (Å²) in [4.78, 5) is 5.25. The van der Waals surface area contributed by atoms with Crippen molar-refractivity contribution in [1.82, 2.24) is 9.21 Å². The van der Waals surface area contributed by atoms with Gasteiger partial charge < -0.3 is 4.90 Å². The first-order valence-corrected chi connectivity index (χ1v) is 10.7. The largest absolute Gasteiger partial charge is 0.369 e. The molecule has 1 aromatic carbocycles. The lowest BCUT2D eigenvalue weighted by Gasteiger charge is -2.37. The fourth-order valence-corrected chi connectivity index (χ4v) is 5.45. The molecule has 0 radical (unpaired) electrons. The minimum Gasteiger partial charge on any atom is -0.369 e.